The molecule has 0 bridgehead atoms. The van der Waals surface area contributed by atoms with Crippen molar-refractivity contribution in [3.63, 3.8) is 0 Å². The second kappa shape index (κ2) is 7.14. The normalized spacial score (nSPS) is 16.8. The minimum atomic E-state index is 0.609. The van der Waals surface area contributed by atoms with Gasteiger partial charge in [0.1, 0.15) is 11.6 Å². The van der Waals surface area contributed by atoms with E-state index in [0.717, 1.165) is 61.9 Å². The number of nitrogens with one attached hydrogen (secondary N) is 1. The van der Waals surface area contributed by atoms with E-state index < -0.39 is 0 Å². The molecular formula is C18H23N7. The molecule has 130 valence electrons. The molecule has 2 aromatic heterocycles. The number of benzene rings is 1. The molecular weight excluding hydrogens is 314 g/mol. The fourth-order valence-corrected chi connectivity index (χ4v) is 3.34. The van der Waals surface area contributed by atoms with Gasteiger partial charge in [0.2, 0.25) is 0 Å². The molecule has 1 unspecified atom stereocenters. The second-order valence-electron chi connectivity index (χ2n) is 6.49. The Kier molecular flexibility index (Phi) is 4.56. The molecule has 0 saturated heterocycles. The van der Waals surface area contributed by atoms with Gasteiger partial charge < -0.3 is 9.88 Å². The average molecular weight is 337 g/mol. The summed E-state index contributed by atoms with van der Waals surface area (Å²) in [6.07, 6.45) is 4.94. The maximum absolute atomic E-state index is 4.54. The summed E-state index contributed by atoms with van der Waals surface area (Å²) in [6, 6.07) is 9.97. The van der Waals surface area contributed by atoms with Crippen LogP contribution in [0.15, 0.2) is 36.5 Å². The van der Waals surface area contributed by atoms with Crippen molar-refractivity contribution in [2.45, 2.75) is 39.3 Å². The van der Waals surface area contributed by atoms with Gasteiger partial charge in [-0.15, -0.1) is 10.2 Å². The molecule has 1 aliphatic heterocycles. The van der Waals surface area contributed by atoms with Crippen LogP contribution >= 0.6 is 0 Å². The van der Waals surface area contributed by atoms with E-state index in [1.165, 1.54) is 0 Å². The van der Waals surface area contributed by atoms with Crippen molar-refractivity contribution in [2.24, 2.45) is 5.92 Å². The maximum Gasteiger partial charge on any atom is 0.133 e. The maximum atomic E-state index is 4.54. The summed E-state index contributed by atoms with van der Waals surface area (Å²) in [5, 5.41) is 21.0. The number of hydrogen-bond donors (Lipinski definition) is 1. The number of fused-ring (bicyclic) bond motifs is 1. The Bertz CT molecular complexity index is 808. The number of nitrogens with zero attached hydrogens (tertiary/aromatic N) is 6. The zero-order valence-corrected chi connectivity index (χ0v) is 14.5. The van der Waals surface area contributed by atoms with Gasteiger partial charge >= 0.3 is 0 Å². The third-order valence-electron chi connectivity index (χ3n) is 4.70. The molecule has 0 fully saturated rings. The fraction of sp³-hybridized carbons (Fsp3) is 0.444. The zero-order valence-electron chi connectivity index (χ0n) is 14.5. The Morgan fingerprint density at radius 3 is 2.92 bits per heavy atom. The quantitative estimate of drug-likeness (QED) is 0.742. The molecule has 7 heteroatoms. The van der Waals surface area contributed by atoms with Crippen molar-refractivity contribution in [1.29, 1.82) is 0 Å². The minimum absolute atomic E-state index is 0.609. The average Bonchev–Trinajstić information content (AvgIpc) is 3.29. The van der Waals surface area contributed by atoms with Gasteiger partial charge in [-0.3, -0.25) is 0 Å². The number of aromatic nitrogens is 6. The van der Waals surface area contributed by atoms with Gasteiger partial charge in [-0.25, -0.2) is 0 Å². The summed E-state index contributed by atoms with van der Waals surface area (Å²) in [4.78, 5) is 1.68. The van der Waals surface area contributed by atoms with Crippen LogP contribution < -0.4 is 5.32 Å². The van der Waals surface area contributed by atoms with E-state index in [1.54, 1.807) is 4.80 Å². The van der Waals surface area contributed by atoms with E-state index in [2.05, 4.69) is 37.2 Å². The van der Waals surface area contributed by atoms with Gasteiger partial charge in [-0.05, 0) is 24.5 Å². The standard InChI is InChI=1S/C18H23N7/c1-2-17-21-22-18-9-8-14(13-24(17)18)10-19-11-15-12-20-25(23-15)16-6-4-3-5-7-16/h3-7,12,14,19H,2,8-11,13H2,1H3. The van der Waals surface area contributed by atoms with Crippen molar-refractivity contribution in [2.75, 3.05) is 6.54 Å². The van der Waals surface area contributed by atoms with Crippen molar-refractivity contribution >= 4 is 0 Å². The van der Waals surface area contributed by atoms with Crippen LogP contribution in [-0.2, 0) is 25.9 Å². The van der Waals surface area contributed by atoms with Gasteiger partial charge in [0.25, 0.3) is 0 Å². The Morgan fingerprint density at radius 2 is 2.08 bits per heavy atom. The van der Waals surface area contributed by atoms with Crippen LogP contribution in [0.25, 0.3) is 5.69 Å². The Hall–Kier alpha value is -2.54. The molecule has 1 atom stereocenters. The predicted octanol–water partition coefficient (Wildman–Crippen LogP) is 1.77. The van der Waals surface area contributed by atoms with Gasteiger partial charge in [0.15, 0.2) is 0 Å². The van der Waals surface area contributed by atoms with E-state index in [1.807, 2.05) is 36.5 Å². The largest absolute Gasteiger partial charge is 0.315 e. The monoisotopic (exact) mass is 337 g/mol. The van der Waals surface area contributed by atoms with Crippen molar-refractivity contribution in [1.82, 2.24) is 35.1 Å². The molecule has 1 aromatic carbocycles. The highest BCUT2D eigenvalue weighted by atomic mass is 15.5. The van der Waals surface area contributed by atoms with Gasteiger partial charge in [-0.2, -0.15) is 15.0 Å². The topological polar surface area (TPSA) is 73.5 Å². The van der Waals surface area contributed by atoms with Crippen LogP contribution in [0, 0.1) is 5.92 Å². The molecule has 0 aliphatic carbocycles. The van der Waals surface area contributed by atoms with E-state index >= 15 is 0 Å². The summed E-state index contributed by atoms with van der Waals surface area (Å²) in [5.41, 5.74) is 1.94. The first-order chi connectivity index (χ1) is 12.3. The van der Waals surface area contributed by atoms with Crippen molar-refractivity contribution in [3.8, 4) is 5.69 Å². The summed E-state index contributed by atoms with van der Waals surface area (Å²) < 4.78 is 2.29. The third kappa shape index (κ3) is 3.46. The van der Waals surface area contributed by atoms with Gasteiger partial charge in [-0.1, -0.05) is 25.1 Å². The summed E-state index contributed by atoms with van der Waals surface area (Å²) in [6.45, 7) is 4.85. The molecule has 25 heavy (non-hydrogen) atoms. The fourth-order valence-electron chi connectivity index (χ4n) is 3.34. The molecule has 0 radical (unpaired) electrons. The lowest BCUT2D eigenvalue weighted by Crippen LogP contribution is -2.30. The summed E-state index contributed by atoms with van der Waals surface area (Å²) in [5.74, 6) is 2.85. The van der Waals surface area contributed by atoms with Crippen molar-refractivity contribution in [3.05, 3.63) is 53.9 Å². The molecule has 0 saturated carbocycles. The van der Waals surface area contributed by atoms with Crippen LogP contribution in [0.5, 0.6) is 0 Å². The highest BCUT2D eigenvalue weighted by Crippen LogP contribution is 2.19. The number of rotatable bonds is 6. The van der Waals surface area contributed by atoms with Crippen LogP contribution in [0.1, 0.15) is 30.7 Å². The molecule has 3 heterocycles. The minimum Gasteiger partial charge on any atom is -0.315 e. The van der Waals surface area contributed by atoms with Gasteiger partial charge in [0, 0.05) is 32.5 Å². The highest BCUT2D eigenvalue weighted by Gasteiger charge is 2.21. The first-order valence-corrected chi connectivity index (χ1v) is 8.92. The van der Waals surface area contributed by atoms with Gasteiger partial charge in [0.05, 0.1) is 17.6 Å². The summed E-state index contributed by atoms with van der Waals surface area (Å²) in [7, 11) is 0. The highest BCUT2D eigenvalue weighted by molar-refractivity contribution is 5.28. The lowest BCUT2D eigenvalue weighted by Gasteiger charge is -2.24. The number of hydrogen-bond acceptors (Lipinski definition) is 5. The molecule has 0 amide bonds. The number of para-hydroxylation sites is 1. The SMILES string of the molecule is CCc1nnc2n1CC(CNCc1cnn(-c3ccccc3)n1)CC2. The lowest BCUT2D eigenvalue weighted by molar-refractivity contribution is 0.342. The number of aryl methyl sites for hydroxylation is 2. The van der Waals surface area contributed by atoms with Crippen LogP contribution in [0.2, 0.25) is 0 Å². The Labute approximate surface area is 147 Å². The van der Waals surface area contributed by atoms with Crippen LogP contribution in [0.4, 0.5) is 0 Å². The second-order valence-corrected chi connectivity index (χ2v) is 6.49. The van der Waals surface area contributed by atoms with Crippen LogP contribution in [-0.4, -0.2) is 36.3 Å². The molecule has 4 rings (SSSR count). The van der Waals surface area contributed by atoms with Crippen LogP contribution in [0.3, 0.4) is 0 Å². The first-order valence-electron chi connectivity index (χ1n) is 8.92. The molecule has 0 spiro atoms. The molecule has 7 nitrogen and oxygen atoms in total. The lowest BCUT2D eigenvalue weighted by atomic mass is 9.99. The summed E-state index contributed by atoms with van der Waals surface area (Å²) >= 11 is 0. The Balaban J connectivity index is 1.31. The molecule has 1 N–H and O–H groups in total. The first kappa shape index (κ1) is 16.0. The zero-order chi connectivity index (χ0) is 17.1. The Morgan fingerprint density at radius 1 is 1.20 bits per heavy atom. The van der Waals surface area contributed by atoms with E-state index in [9.17, 15) is 0 Å². The smallest absolute Gasteiger partial charge is 0.133 e. The van der Waals surface area contributed by atoms with E-state index in [4.69, 9.17) is 0 Å². The van der Waals surface area contributed by atoms with E-state index in [-0.39, 0.29) is 0 Å². The predicted molar refractivity (Wildman–Crippen MR) is 94.3 cm³/mol. The third-order valence-corrected chi connectivity index (χ3v) is 4.70. The molecule has 3 aromatic rings. The van der Waals surface area contributed by atoms with E-state index in [0.29, 0.717) is 5.92 Å². The van der Waals surface area contributed by atoms with Crippen molar-refractivity contribution < 1.29 is 0 Å². The molecule has 1 aliphatic rings.